The number of ether oxygens (including phenoxy) is 1. The summed E-state index contributed by atoms with van der Waals surface area (Å²) in [6.07, 6.45) is 19.7. The van der Waals surface area contributed by atoms with Gasteiger partial charge in [0.15, 0.2) is 0 Å². The Morgan fingerprint density at radius 3 is 1.46 bits per heavy atom. The van der Waals surface area contributed by atoms with E-state index in [1.165, 1.54) is 103 Å². The van der Waals surface area contributed by atoms with Gasteiger partial charge >= 0.3 is 5.97 Å². The summed E-state index contributed by atoms with van der Waals surface area (Å²) in [5, 5.41) is 0. The number of nitrogens with zero attached hydrogens (tertiary/aromatic N) is 1. The summed E-state index contributed by atoms with van der Waals surface area (Å²) in [5.74, 6) is -0.170. The first-order valence-electron chi connectivity index (χ1n) is 10.9. The molecule has 0 amide bonds. The lowest BCUT2D eigenvalue weighted by molar-refractivity contribution is -0.890. The van der Waals surface area contributed by atoms with Crippen LogP contribution in [0.15, 0.2) is 0 Å². The fourth-order valence-electron chi connectivity index (χ4n) is 3.28. The largest absolute Gasteiger partial charge is 1.00 e. The minimum Gasteiger partial charge on any atom is -1.00 e. The predicted molar refractivity (Wildman–Crippen MR) is 109 cm³/mol. The van der Waals surface area contributed by atoms with E-state index in [4.69, 9.17) is 4.74 Å². The SMILES string of the molecule is CCCCCCCCCCCCCCCC[N+](C)(C)CCOC(C)=O.[Cl-]. The topological polar surface area (TPSA) is 26.3 Å². The lowest BCUT2D eigenvalue weighted by Gasteiger charge is -2.29. The molecule has 158 valence electrons. The van der Waals surface area contributed by atoms with E-state index in [2.05, 4.69) is 21.0 Å². The van der Waals surface area contributed by atoms with Gasteiger partial charge in [-0.1, -0.05) is 84.0 Å². The molecule has 0 bridgehead atoms. The number of rotatable bonds is 18. The van der Waals surface area contributed by atoms with Crippen molar-refractivity contribution in [2.24, 2.45) is 0 Å². The molecule has 0 aliphatic heterocycles. The molecular weight excluding hydrogens is 346 g/mol. The molecule has 0 saturated carbocycles. The zero-order valence-electron chi connectivity index (χ0n) is 18.2. The average Bonchev–Trinajstić information content (AvgIpc) is 2.54. The van der Waals surface area contributed by atoms with Gasteiger partial charge < -0.3 is 21.6 Å². The van der Waals surface area contributed by atoms with Crippen LogP contribution in [-0.4, -0.2) is 44.2 Å². The van der Waals surface area contributed by atoms with Gasteiger partial charge in [0.2, 0.25) is 0 Å². The summed E-state index contributed by atoms with van der Waals surface area (Å²) >= 11 is 0. The van der Waals surface area contributed by atoms with Crippen LogP contribution in [0.3, 0.4) is 0 Å². The zero-order chi connectivity index (χ0) is 18.8. The Hall–Kier alpha value is -0.280. The standard InChI is InChI=1S/C22H46NO2.ClH/c1-5-6-7-8-9-10-11-12-13-14-15-16-17-18-19-23(3,4)20-21-25-22(2)24;/h5-21H2,1-4H3;1H/q+1;/p-1. The fourth-order valence-corrected chi connectivity index (χ4v) is 3.28. The second-order valence-corrected chi connectivity index (χ2v) is 8.32. The molecule has 0 rings (SSSR count). The zero-order valence-corrected chi connectivity index (χ0v) is 18.9. The summed E-state index contributed by atoms with van der Waals surface area (Å²) in [6, 6.07) is 0. The monoisotopic (exact) mass is 391 g/mol. The van der Waals surface area contributed by atoms with E-state index in [0.29, 0.717) is 6.61 Å². The van der Waals surface area contributed by atoms with Gasteiger partial charge in [-0.05, 0) is 12.8 Å². The number of quaternary nitrogens is 1. The van der Waals surface area contributed by atoms with E-state index < -0.39 is 0 Å². The van der Waals surface area contributed by atoms with E-state index in [1.807, 2.05) is 0 Å². The predicted octanol–water partition coefficient (Wildman–Crippen LogP) is 3.11. The highest BCUT2D eigenvalue weighted by molar-refractivity contribution is 5.65. The molecule has 0 N–H and O–H groups in total. The van der Waals surface area contributed by atoms with Crippen LogP contribution in [0.4, 0.5) is 0 Å². The number of carbonyl (C=O) groups excluding carboxylic acids is 1. The third-order valence-electron chi connectivity index (χ3n) is 5.12. The van der Waals surface area contributed by atoms with Gasteiger partial charge in [-0.3, -0.25) is 4.79 Å². The number of carbonyl (C=O) groups is 1. The number of hydrogen-bond acceptors (Lipinski definition) is 2. The number of likely N-dealkylation sites (N-methyl/N-ethyl adjacent to an activating group) is 1. The van der Waals surface area contributed by atoms with Gasteiger partial charge in [-0.15, -0.1) is 0 Å². The maximum Gasteiger partial charge on any atom is 0.302 e. The van der Waals surface area contributed by atoms with Gasteiger partial charge in [-0.2, -0.15) is 0 Å². The Bertz CT molecular complexity index is 309. The molecule has 0 atom stereocenters. The van der Waals surface area contributed by atoms with Crippen LogP contribution < -0.4 is 12.4 Å². The molecule has 0 aliphatic carbocycles. The maximum atomic E-state index is 10.8. The summed E-state index contributed by atoms with van der Waals surface area (Å²) < 4.78 is 6.00. The Labute approximate surface area is 170 Å². The van der Waals surface area contributed by atoms with Crippen molar-refractivity contribution in [3.8, 4) is 0 Å². The Morgan fingerprint density at radius 2 is 1.08 bits per heavy atom. The highest BCUT2D eigenvalue weighted by atomic mass is 35.5. The first kappa shape index (κ1) is 27.9. The maximum absolute atomic E-state index is 10.8. The van der Waals surface area contributed by atoms with Crippen LogP contribution in [0.2, 0.25) is 0 Å². The molecule has 0 saturated heterocycles. The molecule has 0 heterocycles. The van der Waals surface area contributed by atoms with E-state index in [0.717, 1.165) is 11.0 Å². The van der Waals surface area contributed by atoms with Crippen LogP contribution in [0.25, 0.3) is 0 Å². The molecule has 0 aromatic carbocycles. The van der Waals surface area contributed by atoms with E-state index in [-0.39, 0.29) is 18.4 Å². The van der Waals surface area contributed by atoms with Gasteiger partial charge in [-0.25, -0.2) is 0 Å². The molecule has 3 nitrogen and oxygen atoms in total. The summed E-state index contributed by atoms with van der Waals surface area (Å²) in [7, 11) is 4.46. The smallest absolute Gasteiger partial charge is 0.302 e. The highest BCUT2D eigenvalue weighted by Crippen LogP contribution is 2.13. The van der Waals surface area contributed by atoms with Crippen molar-refractivity contribution >= 4 is 5.97 Å². The van der Waals surface area contributed by atoms with Gasteiger partial charge in [0.1, 0.15) is 13.2 Å². The fraction of sp³-hybridized carbons (Fsp3) is 0.955. The molecule has 0 aromatic heterocycles. The molecule has 4 heteroatoms. The van der Waals surface area contributed by atoms with Gasteiger partial charge in [0.05, 0.1) is 20.6 Å². The summed E-state index contributed by atoms with van der Waals surface area (Å²) in [4.78, 5) is 10.8. The Morgan fingerprint density at radius 1 is 0.692 bits per heavy atom. The van der Waals surface area contributed by atoms with Crippen molar-refractivity contribution in [1.82, 2.24) is 0 Å². The van der Waals surface area contributed by atoms with Crippen molar-refractivity contribution in [2.45, 2.75) is 104 Å². The summed E-state index contributed by atoms with van der Waals surface area (Å²) in [6.45, 7) is 6.40. The molecule has 0 aromatic rings. The second kappa shape index (κ2) is 19.5. The number of hydrogen-bond donors (Lipinski definition) is 0. The summed E-state index contributed by atoms with van der Waals surface area (Å²) in [5.41, 5.74) is 0. The Kier molecular flexibility index (Phi) is 20.9. The minimum absolute atomic E-state index is 0. The van der Waals surface area contributed by atoms with Crippen LogP contribution in [0.1, 0.15) is 104 Å². The first-order chi connectivity index (χ1) is 12.0. The quantitative estimate of drug-likeness (QED) is 0.204. The van der Waals surface area contributed by atoms with Crippen molar-refractivity contribution in [3.63, 3.8) is 0 Å². The molecule has 0 aliphatic rings. The van der Waals surface area contributed by atoms with Gasteiger partial charge in [0.25, 0.3) is 0 Å². The Balaban J connectivity index is 0. The van der Waals surface area contributed by atoms with Crippen LogP contribution in [0.5, 0.6) is 0 Å². The van der Waals surface area contributed by atoms with E-state index >= 15 is 0 Å². The lowest BCUT2D eigenvalue weighted by atomic mass is 10.0. The second-order valence-electron chi connectivity index (χ2n) is 8.32. The normalized spacial score (nSPS) is 11.2. The molecule has 0 spiro atoms. The van der Waals surface area contributed by atoms with Crippen molar-refractivity contribution in [2.75, 3.05) is 33.8 Å². The van der Waals surface area contributed by atoms with Crippen LogP contribution in [0, 0.1) is 0 Å². The molecule has 0 radical (unpaired) electrons. The highest BCUT2D eigenvalue weighted by Gasteiger charge is 2.14. The van der Waals surface area contributed by atoms with E-state index in [1.54, 1.807) is 0 Å². The molecule has 0 unspecified atom stereocenters. The minimum atomic E-state index is -0.170. The number of esters is 1. The van der Waals surface area contributed by atoms with Crippen molar-refractivity contribution in [1.29, 1.82) is 0 Å². The molecule has 26 heavy (non-hydrogen) atoms. The van der Waals surface area contributed by atoms with Crippen molar-refractivity contribution < 1.29 is 26.4 Å². The average molecular weight is 392 g/mol. The number of halogens is 1. The van der Waals surface area contributed by atoms with Crippen LogP contribution in [-0.2, 0) is 9.53 Å². The molecular formula is C22H46ClNO2. The lowest BCUT2D eigenvalue weighted by Crippen LogP contribution is -3.00. The first-order valence-corrected chi connectivity index (χ1v) is 10.9. The van der Waals surface area contributed by atoms with E-state index in [9.17, 15) is 4.79 Å². The van der Waals surface area contributed by atoms with Crippen molar-refractivity contribution in [3.05, 3.63) is 0 Å². The third-order valence-corrected chi connectivity index (χ3v) is 5.12. The third kappa shape index (κ3) is 21.8. The van der Waals surface area contributed by atoms with Crippen LogP contribution >= 0.6 is 0 Å². The number of unbranched alkanes of at least 4 members (excludes halogenated alkanes) is 13. The van der Waals surface area contributed by atoms with Gasteiger partial charge in [0, 0.05) is 6.92 Å². The molecule has 0 fully saturated rings.